The van der Waals surface area contributed by atoms with Crippen molar-refractivity contribution >= 4 is 56.9 Å². The number of methoxy groups -OCH3 is 1. The molecular weight excluding hydrogens is 722 g/mol. The van der Waals surface area contributed by atoms with Crippen LogP contribution in [0.1, 0.15) is 91.0 Å². The Morgan fingerprint density at radius 3 is 2.56 bits per heavy atom. The molecule has 8 rings (SSSR count). The molecule has 0 spiro atoms. The van der Waals surface area contributed by atoms with Gasteiger partial charge in [0.15, 0.2) is 5.69 Å². The lowest BCUT2D eigenvalue weighted by Gasteiger charge is -2.37. The van der Waals surface area contributed by atoms with E-state index in [2.05, 4.69) is 31.3 Å². The van der Waals surface area contributed by atoms with Gasteiger partial charge in [-0.1, -0.05) is 23.7 Å². The van der Waals surface area contributed by atoms with Crippen LogP contribution in [0.25, 0.3) is 21.9 Å². The van der Waals surface area contributed by atoms with Crippen LogP contribution in [0.3, 0.4) is 0 Å². The highest BCUT2D eigenvalue weighted by atomic mass is 35.5. The van der Waals surface area contributed by atoms with Crippen molar-refractivity contribution in [1.82, 2.24) is 34.1 Å². The van der Waals surface area contributed by atoms with Crippen molar-refractivity contribution in [3.63, 3.8) is 0 Å². The smallest absolute Gasteiger partial charge is 0.329 e. The van der Waals surface area contributed by atoms with Crippen LogP contribution in [-0.4, -0.2) is 73.3 Å². The molecule has 1 aliphatic carbocycles. The highest BCUT2D eigenvalue weighted by Gasteiger charge is 2.33. The first-order valence-corrected chi connectivity index (χ1v) is 19.2. The van der Waals surface area contributed by atoms with Gasteiger partial charge < -0.3 is 15.0 Å². The number of carbonyl (C=O) groups excluding carboxylic acids is 3. The lowest BCUT2D eigenvalue weighted by Crippen LogP contribution is -2.44. The summed E-state index contributed by atoms with van der Waals surface area (Å²) in [6.07, 6.45) is 10.2. The van der Waals surface area contributed by atoms with Gasteiger partial charge in [0.1, 0.15) is 17.9 Å². The Balaban J connectivity index is 0.878. The number of aryl methyl sites for hydroxylation is 1. The fourth-order valence-electron chi connectivity index (χ4n) is 8.78. The van der Waals surface area contributed by atoms with Crippen molar-refractivity contribution in [1.29, 1.82) is 5.26 Å². The Labute approximate surface area is 322 Å². The third kappa shape index (κ3) is 6.98. The zero-order valence-electron chi connectivity index (χ0n) is 30.8. The fraction of sp³-hybridized carbons (Fsp3) is 0.425. The van der Waals surface area contributed by atoms with Gasteiger partial charge in [-0.05, 0) is 93.6 Å². The minimum atomic E-state index is -0.690. The number of rotatable bonds is 8. The number of nitriles is 1. The maximum atomic E-state index is 13.4. The lowest BCUT2D eigenvalue weighted by atomic mass is 9.84. The molecule has 0 bridgehead atoms. The molecule has 1 unspecified atom stereocenters. The molecule has 14 nitrogen and oxygen atoms in total. The summed E-state index contributed by atoms with van der Waals surface area (Å²) in [4.78, 5) is 57.5. The number of carbonyl (C=O) groups is 3. The van der Waals surface area contributed by atoms with Gasteiger partial charge in [-0.15, -0.1) is 0 Å². The molecular formula is C40H42ClN9O5. The van der Waals surface area contributed by atoms with E-state index in [1.807, 2.05) is 36.5 Å². The number of ether oxygens (including phenoxy) is 1. The van der Waals surface area contributed by atoms with E-state index in [-0.39, 0.29) is 40.3 Å². The quantitative estimate of drug-likeness (QED) is 0.195. The van der Waals surface area contributed by atoms with Crippen LogP contribution in [-0.2, 0) is 16.6 Å². The first-order valence-electron chi connectivity index (χ1n) is 18.8. The van der Waals surface area contributed by atoms with E-state index < -0.39 is 17.9 Å². The third-order valence-electron chi connectivity index (χ3n) is 11.7. The first-order chi connectivity index (χ1) is 26.6. The molecule has 15 heteroatoms. The molecule has 1 saturated carbocycles. The Morgan fingerprint density at radius 2 is 1.85 bits per heavy atom. The Morgan fingerprint density at radius 1 is 1.07 bits per heavy atom. The largest absolute Gasteiger partial charge is 0.494 e. The van der Waals surface area contributed by atoms with Crippen molar-refractivity contribution in [2.24, 2.45) is 13.0 Å². The number of piperidine rings is 2. The number of pyridine rings is 1. The molecule has 5 heterocycles. The SMILES string of the molecule is COc1cc2nn(C3CCC(CN4CCC(c5cccc6c5n(C)c(=O)n6C5CCC(=O)NC5=O)CC4)CC3)cc2cc1NC(=O)c1cnc(C#N)c(Cl)c1. The average Bonchev–Trinajstić information content (AvgIpc) is 3.72. The van der Waals surface area contributed by atoms with Crippen LogP contribution in [0.2, 0.25) is 5.02 Å². The number of hydrogen-bond acceptors (Lipinski definition) is 9. The molecule has 55 heavy (non-hydrogen) atoms. The number of amides is 3. The number of benzene rings is 2. The minimum absolute atomic E-state index is 0.0579. The van der Waals surface area contributed by atoms with Crippen LogP contribution in [0.5, 0.6) is 5.75 Å². The van der Waals surface area contributed by atoms with E-state index in [1.165, 1.54) is 12.3 Å². The van der Waals surface area contributed by atoms with Gasteiger partial charge in [0.05, 0.1) is 46.0 Å². The number of nitrogens with one attached hydrogen (secondary N) is 2. The number of nitrogens with zero attached hydrogens (tertiary/aromatic N) is 7. The average molecular weight is 764 g/mol. The minimum Gasteiger partial charge on any atom is -0.494 e. The van der Waals surface area contributed by atoms with E-state index in [4.69, 9.17) is 26.7 Å². The molecule has 2 N–H and O–H groups in total. The van der Waals surface area contributed by atoms with E-state index >= 15 is 0 Å². The summed E-state index contributed by atoms with van der Waals surface area (Å²) in [6, 6.07) is 12.6. The molecule has 2 aliphatic heterocycles. The van der Waals surface area contributed by atoms with Crippen molar-refractivity contribution in [3.8, 4) is 11.8 Å². The summed E-state index contributed by atoms with van der Waals surface area (Å²) in [7, 11) is 3.32. The molecule has 284 valence electrons. The number of aromatic nitrogens is 5. The van der Waals surface area contributed by atoms with Gasteiger partial charge in [0, 0.05) is 43.9 Å². The Hall–Kier alpha value is -5.52. The molecule has 5 aromatic rings. The normalized spacial score (nSPS) is 21.1. The van der Waals surface area contributed by atoms with Crippen molar-refractivity contribution in [2.45, 2.75) is 69.4 Å². The van der Waals surface area contributed by atoms with Gasteiger partial charge in [-0.2, -0.15) is 10.4 Å². The maximum Gasteiger partial charge on any atom is 0.329 e. The molecule has 3 fully saturated rings. The number of likely N-dealkylation sites (tertiary alicyclic amines) is 1. The van der Waals surface area contributed by atoms with Gasteiger partial charge in [-0.25, -0.2) is 9.78 Å². The van der Waals surface area contributed by atoms with Crippen molar-refractivity contribution in [2.75, 3.05) is 32.1 Å². The standard InChI is InChI=1S/C40H42ClN9O5/c1-47-37-28(4-3-5-33(37)50(40(47)54)34-10-11-36(51)45-39(34)53)24-12-14-48(15-13-24)21-23-6-8-27(9-7-23)49-22-26-17-31(35(55-2)18-30(26)46-49)44-38(52)25-16-29(41)32(19-42)43-20-25/h3-5,16-18,20,22-24,27,34H,6-15,21H2,1-2H3,(H,44,52)(H,45,51,53). The van der Waals surface area contributed by atoms with Crippen LogP contribution in [0.4, 0.5) is 5.69 Å². The maximum absolute atomic E-state index is 13.4. The lowest BCUT2D eigenvalue weighted by molar-refractivity contribution is -0.135. The zero-order chi connectivity index (χ0) is 38.4. The van der Waals surface area contributed by atoms with Gasteiger partial charge in [-0.3, -0.25) is 33.5 Å². The number of fused-ring (bicyclic) bond motifs is 2. The van der Waals surface area contributed by atoms with E-state index in [0.29, 0.717) is 29.7 Å². The van der Waals surface area contributed by atoms with E-state index in [1.54, 1.807) is 23.3 Å². The number of anilines is 1. The summed E-state index contributed by atoms with van der Waals surface area (Å²) >= 11 is 6.10. The van der Waals surface area contributed by atoms with E-state index in [0.717, 1.165) is 85.7 Å². The topological polar surface area (TPSA) is 169 Å². The number of para-hydroxylation sites is 1. The predicted octanol–water partition coefficient (Wildman–Crippen LogP) is 5.46. The Kier molecular flexibility index (Phi) is 9.91. The number of imide groups is 1. The van der Waals surface area contributed by atoms with Crippen molar-refractivity contribution in [3.05, 3.63) is 81.1 Å². The van der Waals surface area contributed by atoms with Gasteiger partial charge in [0.25, 0.3) is 5.91 Å². The number of imidazole rings is 1. The summed E-state index contributed by atoms with van der Waals surface area (Å²) < 4.78 is 10.9. The third-order valence-corrected chi connectivity index (χ3v) is 12.0. The molecule has 2 aromatic carbocycles. The van der Waals surface area contributed by atoms with Crippen LogP contribution in [0, 0.1) is 17.2 Å². The zero-order valence-corrected chi connectivity index (χ0v) is 31.5. The second-order valence-corrected chi connectivity index (χ2v) is 15.4. The molecule has 0 radical (unpaired) electrons. The van der Waals surface area contributed by atoms with Crippen molar-refractivity contribution < 1.29 is 19.1 Å². The van der Waals surface area contributed by atoms with Gasteiger partial charge in [0.2, 0.25) is 11.8 Å². The number of hydrogen-bond donors (Lipinski definition) is 2. The second kappa shape index (κ2) is 15.0. The predicted molar refractivity (Wildman–Crippen MR) is 206 cm³/mol. The Bertz CT molecular complexity index is 2430. The van der Waals surface area contributed by atoms with Crippen LogP contribution < -0.4 is 21.1 Å². The first kappa shape index (κ1) is 36.5. The highest BCUT2D eigenvalue weighted by Crippen LogP contribution is 2.38. The molecule has 3 aliphatic rings. The van der Waals surface area contributed by atoms with E-state index in [9.17, 15) is 19.2 Å². The van der Waals surface area contributed by atoms with Gasteiger partial charge >= 0.3 is 5.69 Å². The summed E-state index contributed by atoms with van der Waals surface area (Å²) in [6.45, 7) is 3.04. The molecule has 3 aromatic heterocycles. The van der Waals surface area contributed by atoms with Crippen LogP contribution >= 0.6 is 11.6 Å². The highest BCUT2D eigenvalue weighted by molar-refractivity contribution is 6.32. The molecule has 1 atom stereocenters. The molecule has 2 saturated heterocycles. The monoisotopic (exact) mass is 763 g/mol. The molecule has 3 amide bonds. The summed E-state index contributed by atoms with van der Waals surface area (Å²) in [5, 5.41) is 20.3. The summed E-state index contributed by atoms with van der Waals surface area (Å²) in [5.74, 6) is 0.273. The summed E-state index contributed by atoms with van der Waals surface area (Å²) in [5.41, 5.74) is 4.12. The fourth-order valence-corrected chi connectivity index (χ4v) is 8.98. The second-order valence-electron chi connectivity index (χ2n) is 15.0. The van der Waals surface area contributed by atoms with Crippen LogP contribution in [0.15, 0.2) is 53.6 Å². The number of halogens is 1.